The number of hydrogen-bond acceptors (Lipinski definition) is 5. The lowest BCUT2D eigenvalue weighted by Gasteiger charge is -2.07. The minimum absolute atomic E-state index is 0.339. The van der Waals surface area contributed by atoms with Gasteiger partial charge in [-0.3, -0.25) is 19.9 Å². The van der Waals surface area contributed by atoms with Crippen molar-refractivity contribution in [2.45, 2.75) is 6.42 Å². The van der Waals surface area contributed by atoms with Gasteiger partial charge in [0.15, 0.2) is 0 Å². The Labute approximate surface area is 160 Å². The minimum atomic E-state index is -0.354. The standard InChI is InChI=1S/C21H16N2O3S/c24-20-19(27-21(25)23-20)13-14-5-9-17(10-6-14)26-12-11-16-8-7-15-3-1-2-4-18(15)22-16/h1-10,13H,11-12H2,(H,23,24,25). The van der Waals surface area contributed by atoms with E-state index in [0.717, 1.165) is 46.1 Å². The molecule has 0 spiro atoms. The summed E-state index contributed by atoms with van der Waals surface area (Å²) in [5.74, 6) is 0.394. The van der Waals surface area contributed by atoms with E-state index in [4.69, 9.17) is 4.74 Å². The predicted molar refractivity (Wildman–Crippen MR) is 106 cm³/mol. The maximum atomic E-state index is 11.6. The number of pyridine rings is 1. The summed E-state index contributed by atoms with van der Waals surface area (Å²) in [5, 5.41) is 3.03. The van der Waals surface area contributed by atoms with E-state index in [1.54, 1.807) is 6.08 Å². The first-order valence-corrected chi connectivity index (χ1v) is 9.31. The van der Waals surface area contributed by atoms with Crippen LogP contribution in [0.15, 0.2) is 65.6 Å². The Balaban J connectivity index is 1.35. The molecule has 0 aliphatic carbocycles. The average molecular weight is 376 g/mol. The van der Waals surface area contributed by atoms with Gasteiger partial charge in [0.05, 0.1) is 17.0 Å². The number of benzene rings is 2. The first-order valence-electron chi connectivity index (χ1n) is 8.50. The summed E-state index contributed by atoms with van der Waals surface area (Å²) in [6.07, 6.45) is 2.41. The monoisotopic (exact) mass is 376 g/mol. The van der Waals surface area contributed by atoms with Gasteiger partial charge in [0.1, 0.15) is 5.75 Å². The molecule has 1 aliphatic heterocycles. The highest BCUT2D eigenvalue weighted by Gasteiger charge is 2.24. The lowest BCUT2D eigenvalue weighted by atomic mass is 10.2. The summed E-state index contributed by atoms with van der Waals surface area (Å²) in [5.41, 5.74) is 2.81. The second-order valence-corrected chi connectivity index (χ2v) is 7.03. The number of carbonyl (C=O) groups excluding carboxylic acids is 2. The number of aromatic nitrogens is 1. The molecule has 4 rings (SSSR count). The van der Waals surface area contributed by atoms with Crippen molar-refractivity contribution in [1.82, 2.24) is 10.3 Å². The van der Waals surface area contributed by atoms with Crippen molar-refractivity contribution in [3.63, 3.8) is 0 Å². The summed E-state index contributed by atoms with van der Waals surface area (Å²) < 4.78 is 5.79. The van der Waals surface area contributed by atoms with E-state index in [-0.39, 0.29) is 11.1 Å². The SMILES string of the molecule is O=C1NC(=O)C(=Cc2ccc(OCCc3ccc4ccccc4n3)cc2)S1. The zero-order valence-corrected chi connectivity index (χ0v) is 15.2. The lowest BCUT2D eigenvalue weighted by Crippen LogP contribution is -2.17. The maximum absolute atomic E-state index is 11.6. The number of nitrogens with one attached hydrogen (secondary N) is 1. The number of thioether (sulfide) groups is 1. The van der Waals surface area contributed by atoms with E-state index >= 15 is 0 Å². The van der Waals surface area contributed by atoms with Crippen LogP contribution >= 0.6 is 11.8 Å². The molecule has 0 unspecified atom stereocenters. The summed E-state index contributed by atoms with van der Waals surface area (Å²) >= 11 is 0.908. The summed E-state index contributed by atoms with van der Waals surface area (Å²) in [4.78, 5) is 27.8. The fourth-order valence-electron chi connectivity index (χ4n) is 2.75. The molecule has 1 saturated heterocycles. The Hall–Kier alpha value is -3.12. The molecule has 1 aliphatic rings. The second kappa shape index (κ2) is 7.63. The Morgan fingerprint density at radius 1 is 1.00 bits per heavy atom. The van der Waals surface area contributed by atoms with Crippen LogP contribution in [0.1, 0.15) is 11.3 Å². The third-order valence-electron chi connectivity index (χ3n) is 4.10. The van der Waals surface area contributed by atoms with Crippen molar-refractivity contribution in [2.75, 3.05) is 6.61 Å². The van der Waals surface area contributed by atoms with Crippen molar-refractivity contribution in [3.8, 4) is 5.75 Å². The molecule has 2 aromatic carbocycles. The largest absolute Gasteiger partial charge is 0.493 e. The van der Waals surface area contributed by atoms with Gasteiger partial charge in [0.2, 0.25) is 0 Å². The molecule has 1 fully saturated rings. The number of para-hydroxylation sites is 1. The van der Waals surface area contributed by atoms with Crippen LogP contribution in [0.4, 0.5) is 4.79 Å². The number of carbonyl (C=O) groups is 2. The molecular formula is C21H16N2O3S. The Kier molecular flexibility index (Phi) is 4.89. The van der Waals surface area contributed by atoms with Gasteiger partial charge in [-0.15, -0.1) is 0 Å². The van der Waals surface area contributed by atoms with E-state index in [9.17, 15) is 9.59 Å². The number of nitrogens with zero attached hydrogens (tertiary/aromatic N) is 1. The van der Waals surface area contributed by atoms with Gasteiger partial charge in [-0.25, -0.2) is 0 Å². The Morgan fingerprint density at radius 3 is 2.59 bits per heavy atom. The summed E-state index contributed by atoms with van der Waals surface area (Å²) in [6.45, 7) is 0.526. The molecule has 1 N–H and O–H groups in total. The highest BCUT2D eigenvalue weighted by molar-refractivity contribution is 8.18. The molecular weight excluding hydrogens is 360 g/mol. The fourth-order valence-corrected chi connectivity index (χ4v) is 3.44. The van der Waals surface area contributed by atoms with Gasteiger partial charge in [-0.2, -0.15) is 0 Å². The van der Waals surface area contributed by atoms with Crippen LogP contribution in [-0.2, 0) is 11.2 Å². The number of fused-ring (bicyclic) bond motifs is 1. The average Bonchev–Trinajstić information content (AvgIpc) is 3.00. The van der Waals surface area contributed by atoms with Crippen molar-refractivity contribution in [3.05, 3.63) is 76.8 Å². The fraction of sp³-hybridized carbons (Fsp3) is 0.0952. The van der Waals surface area contributed by atoms with Crippen LogP contribution in [0.25, 0.3) is 17.0 Å². The number of hydrogen-bond donors (Lipinski definition) is 1. The quantitative estimate of drug-likeness (QED) is 0.677. The van der Waals surface area contributed by atoms with E-state index in [0.29, 0.717) is 11.5 Å². The molecule has 2 heterocycles. The van der Waals surface area contributed by atoms with E-state index in [2.05, 4.69) is 16.4 Å². The third-order valence-corrected chi connectivity index (χ3v) is 4.91. The van der Waals surface area contributed by atoms with Crippen molar-refractivity contribution in [2.24, 2.45) is 0 Å². The number of imide groups is 1. The smallest absolute Gasteiger partial charge is 0.290 e. The van der Waals surface area contributed by atoms with Crippen molar-refractivity contribution in [1.29, 1.82) is 0 Å². The lowest BCUT2D eigenvalue weighted by molar-refractivity contribution is -0.115. The first-order chi connectivity index (χ1) is 13.2. The molecule has 3 aromatic rings. The van der Waals surface area contributed by atoms with Crippen LogP contribution in [0, 0.1) is 0 Å². The predicted octanol–water partition coefficient (Wildman–Crippen LogP) is 4.18. The Bertz CT molecular complexity index is 1040. The minimum Gasteiger partial charge on any atom is -0.493 e. The van der Waals surface area contributed by atoms with E-state index in [1.165, 1.54) is 0 Å². The molecule has 2 amide bonds. The van der Waals surface area contributed by atoms with Crippen LogP contribution in [0.3, 0.4) is 0 Å². The molecule has 6 heteroatoms. The molecule has 0 atom stereocenters. The van der Waals surface area contributed by atoms with Gasteiger partial charge in [-0.1, -0.05) is 36.4 Å². The molecule has 134 valence electrons. The molecule has 5 nitrogen and oxygen atoms in total. The van der Waals surface area contributed by atoms with Gasteiger partial charge < -0.3 is 4.74 Å². The van der Waals surface area contributed by atoms with E-state index < -0.39 is 0 Å². The first kappa shape index (κ1) is 17.3. The zero-order valence-electron chi connectivity index (χ0n) is 14.3. The van der Waals surface area contributed by atoms with Gasteiger partial charge >= 0.3 is 0 Å². The van der Waals surface area contributed by atoms with Gasteiger partial charge in [-0.05, 0) is 47.7 Å². The number of rotatable bonds is 5. The van der Waals surface area contributed by atoms with Crippen LogP contribution in [-0.4, -0.2) is 22.7 Å². The number of amides is 2. The van der Waals surface area contributed by atoms with Crippen molar-refractivity contribution < 1.29 is 14.3 Å². The molecule has 1 aromatic heterocycles. The van der Waals surface area contributed by atoms with Crippen LogP contribution in [0.2, 0.25) is 0 Å². The molecule has 0 bridgehead atoms. The summed E-state index contributed by atoms with van der Waals surface area (Å²) in [6, 6.07) is 19.5. The Morgan fingerprint density at radius 2 is 1.81 bits per heavy atom. The topological polar surface area (TPSA) is 68.3 Å². The molecule has 27 heavy (non-hydrogen) atoms. The third kappa shape index (κ3) is 4.17. The molecule has 0 radical (unpaired) electrons. The number of ether oxygens (including phenoxy) is 1. The zero-order chi connectivity index (χ0) is 18.6. The highest BCUT2D eigenvalue weighted by atomic mass is 32.2. The summed E-state index contributed by atoms with van der Waals surface area (Å²) in [7, 11) is 0. The highest BCUT2D eigenvalue weighted by Crippen LogP contribution is 2.26. The van der Waals surface area contributed by atoms with Crippen LogP contribution < -0.4 is 10.1 Å². The van der Waals surface area contributed by atoms with Crippen LogP contribution in [0.5, 0.6) is 5.75 Å². The second-order valence-electron chi connectivity index (χ2n) is 6.02. The maximum Gasteiger partial charge on any atom is 0.290 e. The van der Waals surface area contributed by atoms with E-state index in [1.807, 2.05) is 54.6 Å². The van der Waals surface area contributed by atoms with Gasteiger partial charge in [0, 0.05) is 17.5 Å². The molecule has 0 saturated carbocycles. The normalized spacial score (nSPS) is 15.3. The van der Waals surface area contributed by atoms with Gasteiger partial charge in [0.25, 0.3) is 11.1 Å². The van der Waals surface area contributed by atoms with Crippen molar-refractivity contribution >= 4 is 39.9 Å².